The summed E-state index contributed by atoms with van der Waals surface area (Å²) < 4.78 is 1.71. The molecule has 0 amide bonds. The lowest BCUT2D eigenvalue weighted by atomic mass is 10.3. The van der Waals surface area contributed by atoms with Crippen LogP contribution in [-0.4, -0.2) is 39.3 Å². The van der Waals surface area contributed by atoms with Crippen molar-refractivity contribution >= 4 is 17.3 Å². The topological polar surface area (TPSA) is 70.7 Å². The molecule has 6 nitrogen and oxygen atoms in total. The van der Waals surface area contributed by atoms with Gasteiger partial charge in [-0.3, -0.25) is 4.79 Å². The van der Waals surface area contributed by atoms with Crippen LogP contribution in [-0.2, 0) is 4.79 Å². The highest BCUT2D eigenvalue weighted by Gasteiger charge is 2.09. The smallest absolute Gasteiger partial charge is 0.305 e. The number of anilines is 1. The molecule has 0 unspecified atom stereocenters. The summed E-state index contributed by atoms with van der Waals surface area (Å²) in [5.41, 5.74) is 0.871. The molecule has 0 saturated carbocycles. The lowest BCUT2D eigenvalue weighted by Gasteiger charge is -2.17. The van der Waals surface area contributed by atoms with Crippen molar-refractivity contribution in [1.82, 2.24) is 14.6 Å². The van der Waals surface area contributed by atoms with E-state index in [4.69, 9.17) is 5.11 Å². The Morgan fingerprint density at radius 1 is 1.56 bits per heavy atom. The summed E-state index contributed by atoms with van der Waals surface area (Å²) in [6.45, 7) is 0.424. The van der Waals surface area contributed by atoms with Gasteiger partial charge in [-0.05, 0) is 6.07 Å². The molecule has 2 rings (SSSR count). The summed E-state index contributed by atoms with van der Waals surface area (Å²) in [4.78, 5) is 16.5. The first-order valence-electron chi connectivity index (χ1n) is 4.90. The third-order valence-electron chi connectivity index (χ3n) is 2.33. The lowest BCUT2D eigenvalue weighted by molar-refractivity contribution is -0.136. The standard InChI is InChI=1S/C10H12N4O2/c1-13(6-3-9(15)16)10-8-2-4-12-14(8)7-5-11-10/h2,4-5,7H,3,6H2,1H3,(H,15,16). The number of fused-ring (bicyclic) bond motifs is 1. The van der Waals surface area contributed by atoms with Gasteiger partial charge in [-0.15, -0.1) is 0 Å². The van der Waals surface area contributed by atoms with Crippen LogP contribution in [0.25, 0.3) is 5.52 Å². The number of carboxylic acid groups (broad SMARTS) is 1. The Kier molecular flexibility index (Phi) is 2.72. The molecule has 6 heteroatoms. The lowest BCUT2D eigenvalue weighted by Crippen LogP contribution is -2.22. The summed E-state index contributed by atoms with van der Waals surface area (Å²) in [5, 5.41) is 12.7. The first-order chi connectivity index (χ1) is 7.68. The van der Waals surface area contributed by atoms with Crippen molar-refractivity contribution in [1.29, 1.82) is 0 Å². The molecule has 0 spiro atoms. The average Bonchev–Trinajstić information content (AvgIpc) is 2.73. The maximum Gasteiger partial charge on any atom is 0.305 e. The van der Waals surface area contributed by atoms with E-state index in [0.717, 1.165) is 11.3 Å². The van der Waals surface area contributed by atoms with Crippen LogP contribution in [0.5, 0.6) is 0 Å². The molecule has 0 atom stereocenters. The van der Waals surface area contributed by atoms with Crippen LogP contribution in [0, 0.1) is 0 Å². The van der Waals surface area contributed by atoms with E-state index < -0.39 is 5.97 Å². The van der Waals surface area contributed by atoms with E-state index in [2.05, 4.69) is 10.1 Å². The minimum Gasteiger partial charge on any atom is -0.481 e. The second-order valence-electron chi connectivity index (χ2n) is 3.48. The molecule has 2 heterocycles. The normalized spacial score (nSPS) is 10.6. The van der Waals surface area contributed by atoms with Gasteiger partial charge in [-0.25, -0.2) is 9.50 Å². The summed E-state index contributed by atoms with van der Waals surface area (Å²) in [5.74, 6) is -0.0754. The van der Waals surface area contributed by atoms with Gasteiger partial charge in [-0.2, -0.15) is 5.10 Å². The summed E-state index contributed by atoms with van der Waals surface area (Å²) in [6.07, 6.45) is 5.18. The van der Waals surface area contributed by atoms with E-state index in [1.807, 2.05) is 18.0 Å². The SMILES string of the molecule is CN(CCC(=O)O)c1nccn2nccc12. The molecule has 0 aromatic carbocycles. The fourth-order valence-electron chi connectivity index (χ4n) is 1.51. The van der Waals surface area contributed by atoms with Crippen molar-refractivity contribution in [3.63, 3.8) is 0 Å². The van der Waals surface area contributed by atoms with E-state index in [-0.39, 0.29) is 6.42 Å². The minimum atomic E-state index is -0.813. The van der Waals surface area contributed by atoms with Crippen LogP contribution in [0.3, 0.4) is 0 Å². The zero-order valence-corrected chi connectivity index (χ0v) is 8.87. The molecule has 2 aromatic heterocycles. The molecular weight excluding hydrogens is 208 g/mol. The average molecular weight is 220 g/mol. The molecule has 0 aliphatic carbocycles. The van der Waals surface area contributed by atoms with Crippen LogP contribution in [0.4, 0.5) is 5.82 Å². The molecule has 84 valence electrons. The van der Waals surface area contributed by atoms with Crippen molar-refractivity contribution in [2.75, 3.05) is 18.5 Å². The number of nitrogens with zero attached hydrogens (tertiary/aromatic N) is 4. The monoisotopic (exact) mass is 220 g/mol. The molecule has 0 radical (unpaired) electrons. The molecule has 0 aliphatic heterocycles. The molecule has 2 aromatic rings. The Hall–Kier alpha value is -2.11. The zero-order valence-electron chi connectivity index (χ0n) is 8.87. The molecular formula is C10H12N4O2. The third-order valence-corrected chi connectivity index (χ3v) is 2.33. The Bertz CT molecular complexity index is 508. The maximum absolute atomic E-state index is 10.5. The Morgan fingerprint density at radius 3 is 3.12 bits per heavy atom. The zero-order chi connectivity index (χ0) is 11.5. The third kappa shape index (κ3) is 1.95. The van der Waals surface area contributed by atoms with E-state index in [9.17, 15) is 4.79 Å². The molecule has 0 aliphatic rings. The van der Waals surface area contributed by atoms with Crippen molar-refractivity contribution in [2.45, 2.75) is 6.42 Å². The van der Waals surface area contributed by atoms with Gasteiger partial charge < -0.3 is 10.0 Å². The van der Waals surface area contributed by atoms with Crippen LogP contribution in [0.15, 0.2) is 24.7 Å². The van der Waals surface area contributed by atoms with E-state index in [1.165, 1.54) is 0 Å². The fourth-order valence-corrected chi connectivity index (χ4v) is 1.51. The first kappa shape index (κ1) is 10.4. The van der Waals surface area contributed by atoms with Crippen molar-refractivity contribution < 1.29 is 9.90 Å². The Labute approximate surface area is 92.1 Å². The Morgan fingerprint density at radius 2 is 2.38 bits per heavy atom. The number of hydrogen-bond acceptors (Lipinski definition) is 4. The van der Waals surface area contributed by atoms with Gasteiger partial charge >= 0.3 is 5.97 Å². The van der Waals surface area contributed by atoms with E-state index in [1.54, 1.807) is 23.1 Å². The Balaban J connectivity index is 2.25. The number of carboxylic acids is 1. The van der Waals surface area contributed by atoms with Gasteiger partial charge in [0, 0.05) is 26.0 Å². The summed E-state index contributed by atoms with van der Waals surface area (Å²) in [6, 6.07) is 1.85. The summed E-state index contributed by atoms with van der Waals surface area (Å²) in [7, 11) is 1.82. The summed E-state index contributed by atoms with van der Waals surface area (Å²) >= 11 is 0. The van der Waals surface area contributed by atoms with Gasteiger partial charge in [0.25, 0.3) is 0 Å². The highest BCUT2D eigenvalue weighted by Crippen LogP contribution is 2.16. The number of rotatable bonds is 4. The fraction of sp³-hybridized carbons (Fsp3) is 0.300. The van der Waals surface area contributed by atoms with Gasteiger partial charge in [0.05, 0.1) is 12.6 Å². The predicted molar refractivity (Wildman–Crippen MR) is 58.5 cm³/mol. The van der Waals surface area contributed by atoms with Gasteiger partial charge in [-0.1, -0.05) is 0 Å². The molecule has 0 fully saturated rings. The van der Waals surface area contributed by atoms with Crippen molar-refractivity contribution in [3.8, 4) is 0 Å². The van der Waals surface area contributed by atoms with Crippen LogP contribution >= 0.6 is 0 Å². The molecule has 0 bridgehead atoms. The maximum atomic E-state index is 10.5. The second kappa shape index (κ2) is 4.18. The van der Waals surface area contributed by atoms with Crippen molar-refractivity contribution in [3.05, 3.63) is 24.7 Å². The number of carbonyl (C=O) groups is 1. The quantitative estimate of drug-likeness (QED) is 0.818. The second-order valence-corrected chi connectivity index (χ2v) is 3.48. The highest BCUT2D eigenvalue weighted by atomic mass is 16.4. The highest BCUT2D eigenvalue weighted by molar-refractivity contribution is 5.70. The molecule has 1 N–H and O–H groups in total. The van der Waals surface area contributed by atoms with E-state index >= 15 is 0 Å². The van der Waals surface area contributed by atoms with Crippen LogP contribution in [0.2, 0.25) is 0 Å². The molecule has 0 saturated heterocycles. The van der Waals surface area contributed by atoms with Crippen LogP contribution in [0.1, 0.15) is 6.42 Å². The van der Waals surface area contributed by atoms with Crippen LogP contribution < -0.4 is 4.90 Å². The number of aromatic nitrogens is 3. The van der Waals surface area contributed by atoms with Crippen molar-refractivity contribution in [2.24, 2.45) is 0 Å². The van der Waals surface area contributed by atoms with Gasteiger partial charge in [0.2, 0.25) is 0 Å². The van der Waals surface area contributed by atoms with Gasteiger partial charge in [0.15, 0.2) is 5.82 Å². The molecule has 16 heavy (non-hydrogen) atoms. The predicted octanol–water partition coefficient (Wildman–Crippen LogP) is 0.640. The largest absolute Gasteiger partial charge is 0.481 e. The van der Waals surface area contributed by atoms with E-state index in [0.29, 0.717) is 6.54 Å². The minimum absolute atomic E-state index is 0.0906. The van der Waals surface area contributed by atoms with Gasteiger partial charge in [0.1, 0.15) is 5.52 Å². The number of aliphatic carboxylic acids is 1. The first-order valence-corrected chi connectivity index (χ1v) is 4.90. The number of hydrogen-bond donors (Lipinski definition) is 1.